The lowest BCUT2D eigenvalue weighted by molar-refractivity contribution is -0.121. The zero-order valence-corrected chi connectivity index (χ0v) is 12.1. The van der Waals surface area contributed by atoms with Crippen LogP contribution in [0.2, 0.25) is 0 Å². The maximum absolute atomic E-state index is 9.37. The van der Waals surface area contributed by atoms with E-state index in [0.29, 0.717) is 13.2 Å². The molecule has 0 radical (unpaired) electrons. The maximum atomic E-state index is 9.37. The average Bonchev–Trinajstić information content (AvgIpc) is 2.97. The van der Waals surface area contributed by atoms with Crippen molar-refractivity contribution in [2.75, 3.05) is 25.6 Å². The summed E-state index contributed by atoms with van der Waals surface area (Å²) in [6, 6.07) is 10.3. The van der Waals surface area contributed by atoms with Crippen molar-refractivity contribution in [3.05, 3.63) is 48.3 Å². The minimum Gasteiger partial charge on any atom is -0.396 e. The Morgan fingerprint density at radius 3 is 2.65 bits per heavy atom. The number of hydrogen-bond acceptors (Lipinski definition) is 4. The first-order valence-corrected chi connectivity index (χ1v) is 7.82. The number of ether oxygens (including phenoxy) is 1. The highest BCUT2D eigenvalue weighted by molar-refractivity contribution is 7.98. The molecule has 0 unspecified atom stereocenters. The highest BCUT2D eigenvalue weighted by atomic mass is 32.2. The van der Waals surface area contributed by atoms with Gasteiger partial charge in [0.05, 0.1) is 25.5 Å². The van der Waals surface area contributed by atoms with Gasteiger partial charge >= 0.3 is 0 Å². The number of thioether (sulfide) groups is 1. The Morgan fingerprint density at radius 1 is 1.30 bits per heavy atom. The van der Waals surface area contributed by atoms with E-state index in [1.807, 2.05) is 28.7 Å². The molecule has 0 amide bonds. The number of aliphatic hydroxyl groups excluding tert-OH is 1. The minimum atomic E-state index is -0.000330. The largest absolute Gasteiger partial charge is 0.396 e. The van der Waals surface area contributed by atoms with Crippen molar-refractivity contribution in [3.63, 3.8) is 0 Å². The number of nitrogens with zero attached hydrogens (tertiary/aromatic N) is 2. The molecule has 1 fully saturated rings. The summed E-state index contributed by atoms with van der Waals surface area (Å²) in [4.78, 5) is 0. The summed E-state index contributed by atoms with van der Waals surface area (Å²) >= 11 is 1.85. The van der Waals surface area contributed by atoms with Crippen molar-refractivity contribution in [3.8, 4) is 5.69 Å². The molecule has 1 N–H and O–H groups in total. The van der Waals surface area contributed by atoms with Gasteiger partial charge in [0.2, 0.25) is 0 Å². The van der Waals surface area contributed by atoms with Crippen LogP contribution in [0.1, 0.15) is 5.56 Å². The SMILES string of the molecule is OCC1(CSCc2ccc(-n3cccn3)cc2)COC1. The molecule has 1 aliphatic rings. The fourth-order valence-corrected chi connectivity index (χ4v) is 3.38. The van der Waals surface area contributed by atoms with Crippen molar-refractivity contribution >= 4 is 11.8 Å². The van der Waals surface area contributed by atoms with Crippen LogP contribution in [0.25, 0.3) is 5.69 Å². The lowest BCUT2D eigenvalue weighted by Gasteiger charge is -2.39. The summed E-state index contributed by atoms with van der Waals surface area (Å²) in [7, 11) is 0. The van der Waals surface area contributed by atoms with Gasteiger partial charge in [0.1, 0.15) is 0 Å². The molecule has 1 aromatic heterocycles. The molecule has 2 aromatic rings. The standard InChI is InChI=1S/C15H18N2O2S/c18-9-15(10-19-11-15)12-20-8-13-2-4-14(5-3-13)17-7-1-6-16-17/h1-7,18H,8-12H2. The predicted octanol–water partition coefficient (Wildman–Crippen LogP) is 2.11. The Labute approximate surface area is 122 Å². The number of aromatic nitrogens is 2. The second kappa shape index (κ2) is 5.99. The number of aliphatic hydroxyl groups is 1. The highest BCUT2D eigenvalue weighted by Gasteiger charge is 2.37. The van der Waals surface area contributed by atoms with E-state index in [1.165, 1.54) is 5.56 Å². The fraction of sp³-hybridized carbons (Fsp3) is 0.400. The van der Waals surface area contributed by atoms with Gasteiger partial charge in [-0.1, -0.05) is 12.1 Å². The van der Waals surface area contributed by atoms with E-state index in [9.17, 15) is 5.11 Å². The third-order valence-corrected chi connectivity index (χ3v) is 4.89. The molecule has 0 atom stereocenters. The quantitative estimate of drug-likeness (QED) is 0.885. The third kappa shape index (κ3) is 2.90. The molecule has 4 nitrogen and oxygen atoms in total. The van der Waals surface area contributed by atoms with Gasteiger partial charge in [0.25, 0.3) is 0 Å². The van der Waals surface area contributed by atoms with Crippen molar-refractivity contribution in [1.29, 1.82) is 0 Å². The topological polar surface area (TPSA) is 47.3 Å². The van der Waals surface area contributed by atoms with Crippen LogP contribution in [-0.2, 0) is 10.5 Å². The van der Waals surface area contributed by atoms with Gasteiger partial charge in [0.15, 0.2) is 0 Å². The van der Waals surface area contributed by atoms with Gasteiger partial charge in [-0.15, -0.1) is 0 Å². The number of hydrogen-bond donors (Lipinski definition) is 1. The van der Waals surface area contributed by atoms with Crippen molar-refractivity contribution in [1.82, 2.24) is 9.78 Å². The summed E-state index contributed by atoms with van der Waals surface area (Å²) in [6.07, 6.45) is 3.71. The minimum absolute atomic E-state index is 0.000330. The molecule has 106 valence electrons. The van der Waals surface area contributed by atoms with Crippen molar-refractivity contribution < 1.29 is 9.84 Å². The summed E-state index contributed by atoms with van der Waals surface area (Å²) in [5, 5.41) is 13.6. The molecule has 0 bridgehead atoms. The van der Waals surface area contributed by atoms with Gasteiger partial charge in [-0.25, -0.2) is 4.68 Å². The summed E-state index contributed by atoms with van der Waals surface area (Å²) < 4.78 is 7.06. The van der Waals surface area contributed by atoms with E-state index in [1.54, 1.807) is 6.20 Å². The fourth-order valence-electron chi connectivity index (χ4n) is 2.16. The Morgan fingerprint density at radius 2 is 2.10 bits per heavy atom. The Balaban J connectivity index is 1.53. The summed E-state index contributed by atoms with van der Waals surface area (Å²) in [6.45, 7) is 1.60. The van der Waals surface area contributed by atoms with Crippen molar-refractivity contribution in [2.24, 2.45) is 5.41 Å². The van der Waals surface area contributed by atoms with Gasteiger partial charge in [-0.2, -0.15) is 16.9 Å². The zero-order valence-electron chi connectivity index (χ0n) is 11.2. The van der Waals surface area contributed by atoms with Crippen LogP contribution in [0.5, 0.6) is 0 Å². The molecule has 0 spiro atoms. The van der Waals surface area contributed by atoms with Gasteiger partial charge in [-0.05, 0) is 23.8 Å². The van der Waals surface area contributed by atoms with Crippen molar-refractivity contribution in [2.45, 2.75) is 5.75 Å². The van der Waals surface area contributed by atoms with Crippen LogP contribution in [0.3, 0.4) is 0 Å². The number of rotatable bonds is 6. The van der Waals surface area contributed by atoms with Gasteiger partial charge in [0, 0.05) is 29.3 Å². The Kier molecular flexibility index (Phi) is 4.10. The summed E-state index contributed by atoms with van der Waals surface area (Å²) in [5.74, 6) is 1.91. The van der Waals surface area contributed by atoms with Gasteiger partial charge < -0.3 is 9.84 Å². The smallest absolute Gasteiger partial charge is 0.0645 e. The Hall–Kier alpha value is -1.30. The first-order valence-electron chi connectivity index (χ1n) is 6.67. The highest BCUT2D eigenvalue weighted by Crippen LogP contribution is 2.32. The van der Waals surface area contributed by atoms with E-state index >= 15 is 0 Å². The number of benzene rings is 1. The van der Waals surface area contributed by atoms with Crippen LogP contribution in [-0.4, -0.2) is 40.5 Å². The van der Waals surface area contributed by atoms with Crippen LogP contribution < -0.4 is 0 Å². The average molecular weight is 290 g/mol. The predicted molar refractivity (Wildman–Crippen MR) is 80.1 cm³/mol. The Bertz CT molecular complexity index is 530. The molecule has 2 heterocycles. The monoisotopic (exact) mass is 290 g/mol. The molecular weight excluding hydrogens is 272 g/mol. The summed E-state index contributed by atoms with van der Waals surface area (Å²) in [5.41, 5.74) is 2.36. The second-order valence-electron chi connectivity index (χ2n) is 5.26. The lowest BCUT2D eigenvalue weighted by atomic mass is 9.90. The zero-order chi connectivity index (χ0) is 13.8. The van der Waals surface area contributed by atoms with E-state index in [-0.39, 0.29) is 12.0 Å². The lowest BCUT2D eigenvalue weighted by Crippen LogP contribution is -2.47. The normalized spacial score (nSPS) is 16.9. The van der Waals surface area contributed by atoms with Crippen LogP contribution in [0.15, 0.2) is 42.7 Å². The molecular formula is C15H18N2O2S. The van der Waals surface area contributed by atoms with Gasteiger partial charge in [-0.3, -0.25) is 0 Å². The molecule has 1 aliphatic heterocycles. The first kappa shape index (κ1) is 13.7. The first-order chi connectivity index (χ1) is 9.81. The van der Waals surface area contributed by atoms with Crippen LogP contribution >= 0.6 is 11.8 Å². The molecule has 3 rings (SSSR count). The van der Waals surface area contributed by atoms with E-state index < -0.39 is 0 Å². The third-order valence-electron chi connectivity index (χ3n) is 3.53. The molecule has 5 heteroatoms. The molecule has 1 aromatic carbocycles. The van der Waals surface area contributed by atoms with Crippen LogP contribution in [0, 0.1) is 5.41 Å². The molecule has 1 saturated heterocycles. The van der Waals surface area contributed by atoms with E-state index in [4.69, 9.17) is 4.74 Å². The van der Waals surface area contributed by atoms with E-state index in [0.717, 1.165) is 17.2 Å². The molecule has 0 saturated carbocycles. The second-order valence-corrected chi connectivity index (χ2v) is 6.25. The van der Waals surface area contributed by atoms with E-state index in [2.05, 4.69) is 29.4 Å². The molecule has 20 heavy (non-hydrogen) atoms. The molecule has 0 aliphatic carbocycles. The van der Waals surface area contributed by atoms with Crippen LogP contribution in [0.4, 0.5) is 0 Å². The maximum Gasteiger partial charge on any atom is 0.0645 e.